The van der Waals surface area contributed by atoms with Crippen molar-refractivity contribution in [1.82, 2.24) is 10.6 Å². The molecule has 2 rings (SSSR count). The van der Waals surface area contributed by atoms with E-state index in [4.69, 9.17) is 51.8 Å². The number of rotatable bonds is 6. The molecule has 13 heteroatoms. The molecule has 0 aliphatic carbocycles. The van der Waals surface area contributed by atoms with Crippen molar-refractivity contribution < 1.29 is 14.5 Å². The van der Waals surface area contributed by atoms with Gasteiger partial charge in [-0.15, -0.1) is 0 Å². The van der Waals surface area contributed by atoms with E-state index >= 15 is 0 Å². The summed E-state index contributed by atoms with van der Waals surface area (Å²) in [6.07, 6.45) is -1.22. The number of nitrogens with one attached hydrogen (secondary N) is 3. The van der Waals surface area contributed by atoms with Crippen LogP contribution in [0.5, 0.6) is 5.75 Å². The standard InChI is InChI=1S/C17H14BrCl3N4O4S/c1-29-13-7-6-11(25(27)28)8-12(13)22-16(30)24-15(17(19,20)21)23-14(26)9-2-4-10(18)5-3-9/h2-8,15H,1H3,(H,23,26)(H2,22,24,30)/t15-/m1/s1. The van der Waals surface area contributed by atoms with E-state index in [1.165, 1.54) is 25.3 Å². The molecule has 160 valence electrons. The third-order valence-corrected chi connectivity index (χ3v) is 5.03. The Morgan fingerprint density at radius 1 is 1.20 bits per heavy atom. The minimum atomic E-state index is -1.97. The van der Waals surface area contributed by atoms with Gasteiger partial charge in [0.05, 0.1) is 17.7 Å². The van der Waals surface area contributed by atoms with Crippen LogP contribution in [0.3, 0.4) is 0 Å². The summed E-state index contributed by atoms with van der Waals surface area (Å²) in [5.74, 6) is -0.212. The van der Waals surface area contributed by atoms with Gasteiger partial charge in [0.1, 0.15) is 11.9 Å². The first kappa shape index (κ1) is 24.4. The molecule has 0 fully saturated rings. The number of hydrogen-bond donors (Lipinski definition) is 3. The lowest BCUT2D eigenvalue weighted by Gasteiger charge is -2.28. The lowest BCUT2D eigenvalue weighted by molar-refractivity contribution is -0.384. The van der Waals surface area contributed by atoms with Crippen LogP contribution in [0.2, 0.25) is 0 Å². The number of alkyl halides is 3. The Balaban J connectivity index is 2.16. The van der Waals surface area contributed by atoms with Crippen LogP contribution < -0.4 is 20.7 Å². The summed E-state index contributed by atoms with van der Waals surface area (Å²) in [6.45, 7) is 0. The number of methoxy groups -OCH3 is 1. The number of hydrogen-bond acceptors (Lipinski definition) is 5. The smallest absolute Gasteiger partial charge is 0.271 e. The van der Waals surface area contributed by atoms with E-state index in [1.807, 2.05) is 0 Å². The van der Waals surface area contributed by atoms with Gasteiger partial charge in [-0.05, 0) is 42.5 Å². The quantitative estimate of drug-likeness (QED) is 0.155. The Bertz CT molecular complexity index is 957. The molecule has 0 spiro atoms. The maximum atomic E-state index is 12.5. The summed E-state index contributed by atoms with van der Waals surface area (Å²) < 4.78 is 3.99. The third-order valence-electron chi connectivity index (χ3n) is 3.63. The maximum absolute atomic E-state index is 12.5. The summed E-state index contributed by atoms with van der Waals surface area (Å²) in [4.78, 5) is 22.9. The van der Waals surface area contributed by atoms with Crippen LogP contribution in [-0.4, -0.2) is 33.0 Å². The van der Waals surface area contributed by atoms with Gasteiger partial charge in [0.2, 0.25) is 3.79 Å². The maximum Gasteiger partial charge on any atom is 0.271 e. The van der Waals surface area contributed by atoms with E-state index in [2.05, 4.69) is 31.9 Å². The largest absolute Gasteiger partial charge is 0.495 e. The highest BCUT2D eigenvalue weighted by atomic mass is 79.9. The van der Waals surface area contributed by atoms with Crippen LogP contribution >= 0.6 is 63.0 Å². The van der Waals surface area contributed by atoms with E-state index in [0.29, 0.717) is 11.3 Å². The van der Waals surface area contributed by atoms with Gasteiger partial charge < -0.3 is 20.7 Å². The number of benzene rings is 2. The summed E-state index contributed by atoms with van der Waals surface area (Å²) in [5, 5.41) is 18.9. The minimum absolute atomic E-state index is 0.0683. The second kappa shape index (κ2) is 10.5. The van der Waals surface area contributed by atoms with Crippen molar-refractivity contribution in [2.75, 3.05) is 12.4 Å². The molecule has 3 N–H and O–H groups in total. The zero-order valence-corrected chi connectivity index (χ0v) is 19.8. The molecule has 0 unspecified atom stereocenters. The lowest BCUT2D eigenvalue weighted by Crippen LogP contribution is -2.56. The van der Waals surface area contributed by atoms with Crippen LogP contribution in [-0.2, 0) is 0 Å². The van der Waals surface area contributed by atoms with Gasteiger partial charge in [-0.25, -0.2) is 0 Å². The number of amides is 1. The Morgan fingerprint density at radius 3 is 2.37 bits per heavy atom. The molecule has 30 heavy (non-hydrogen) atoms. The van der Waals surface area contributed by atoms with Crippen molar-refractivity contribution in [2.45, 2.75) is 9.96 Å². The number of nitro groups is 1. The fourth-order valence-corrected chi connectivity index (χ4v) is 3.03. The van der Waals surface area contributed by atoms with Crippen LogP contribution in [0.15, 0.2) is 46.9 Å². The van der Waals surface area contributed by atoms with Gasteiger partial charge in [0.25, 0.3) is 11.6 Å². The number of thiocarbonyl (C=S) groups is 1. The topological polar surface area (TPSA) is 106 Å². The van der Waals surface area contributed by atoms with E-state index in [9.17, 15) is 14.9 Å². The van der Waals surface area contributed by atoms with Gasteiger partial charge in [0.15, 0.2) is 5.11 Å². The number of halogens is 4. The number of nitro benzene ring substituents is 1. The highest BCUT2D eigenvalue weighted by Crippen LogP contribution is 2.31. The fraction of sp³-hybridized carbons (Fsp3) is 0.176. The molecule has 1 atom stereocenters. The molecule has 0 radical (unpaired) electrons. The highest BCUT2D eigenvalue weighted by molar-refractivity contribution is 9.10. The zero-order chi connectivity index (χ0) is 22.5. The predicted molar refractivity (Wildman–Crippen MR) is 125 cm³/mol. The first-order valence-corrected chi connectivity index (χ1v) is 10.4. The number of non-ortho nitro benzene ring substituents is 1. The van der Waals surface area contributed by atoms with Gasteiger partial charge in [-0.1, -0.05) is 50.7 Å². The molecule has 0 bridgehead atoms. The minimum Gasteiger partial charge on any atom is -0.495 e. The Morgan fingerprint density at radius 2 is 1.83 bits per heavy atom. The molecule has 0 saturated heterocycles. The Kier molecular flexibility index (Phi) is 8.51. The summed E-state index contributed by atoms with van der Waals surface area (Å²) in [5.41, 5.74) is 0.368. The van der Waals surface area contributed by atoms with Crippen molar-refractivity contribution in [2.24, 2.45) is 0 Å². The predicted octanol–water partition coefficient (Wildman–Crippen LogP) is 4.78. The number of carbonyl (C=O) groups is 1. The third kappa shape index (κ3) is 6.85. The number of nitrogens with zero attached hydrogens (tertiary/aromatic N) is 1. The second-order valence-electron chi connectivity index (χ2n) is 5.70. The first-order chi connectivity index (χ1) is 14.0. The van der Waals surface area contributed by atoms with Crippen molar-refractivity contribution in [1.29, 1.82) is 0 Å². The van der Waals surface area contributed by atoms with Crippen molar-refractivity contribution in [3.63, 3.8) is 0 Å². The van der Waals surface area contributed by atoms with Crippen LogP contribution in [0.1, 0.15) is 10.4 Å². The summed E-state index contributed by atoms with van der Waals surface area (Å²) in [6, 6.07) is 10.5. The zero-order valence-electron chi connectivity index (χ0n) is 15.1. The van der Waals surface area contributed by atoms with Crippen LogP contribution in [0.25, 0.3) is 0 Å². The van der Waals surface area contributed by atoms with Crippen LogP contribution in [0, 0.1) is 10.1 Å². The molecule has 0 heterocycles. The average molecular weight is 557 g/mol. The monoisotopic (exact) mass is 554 g/mol. The second-order valence-corrected chi connectivity index (χ2v) is 9.39. The van der Waals surface area contributed by atoms with E-state index in [-0.39, 0.29) is 16.5 Å². The SMILES string of the molecule is COc1ccc([N+](=O)[O-])cc1NC(=S)N[C@@H](NC(=O)c1ccc(Br)cc1)C(Cl)(Cl)Cl. The fourth-order valence-electron chi connectivity index (χ4n) is 2.21. The lowest BCUT2D eigenvalue weighted by atomic mass is 10.2. The van der Waals surface area contributed by atoms with Gasteiger partial charge in [-0.3, -0.25) is 14.9 Å². The number of carbonyl (C=O) groups excluding carboxylic acids is 1. The van der Waals surface area contributed by atoms with Gasteiger partial charge >= 0.3 is 0 Å². The molecule has 2 aromatic carbocycles. The van der Waals surface area contributed by atoms with Crippen LogP contribution in [0.4, 0.5) is 11.4 Å². The molecule has 8 nitrogen and oxygen atoms in total. The Labute approximate surface area is 200 Å². The average Bonchev–Trinajstić information content (AvgIpc) is 2.67. The number of anilines is 1. The normalized spacial score (nSPS) is 11.9. The molecule has 1 amide bonds. The first-order valence-electron chi connectivity index (χ1n) is 8.04. The van der Waals surface area contributed by atoms with Crippen molar-refractivity contribution in [3.05, 3.63) is 62.6 Å². The Hall–Kier alpha value is -1.85. The van der Waals surface area contributed by atoms with E-state index < -0.39 is 20.8 Å². The van der Waals surface area contributed by atoms with E-state index in [1.54, 1.807) is 24.3 Å². The molecular weight excluding hydrogens is 543 g/mol. The van der Waals surface area contributed by atoms with E-state index in [0.717, 1.165) is 4.47 Å². The molecule has 0 aliphatic rings. The highest BCUT2D eigenvalue weighted by Gasteiger charge is 2.35. The summed E-state index contributed by atoms with van der Waals surface area (Å²) >= 11 is 26.4. The summed E-state index contributed by atoms with van der Waals surface area (Å²) in [7, 11) is 1.39. The molecule has 2 aromatic rings. The van der Waals surface area contributed by atoms with Crippen molar-refractivity contribution >= 4 is 85.3 Å². The van der Waals surface area contributed by atoms with Gasteiger partial charge in [0, 0.05) is 22.2 Å². The number of ether oxygens (including phenoxy) is 1. The molecule has 0 aromatic heterocycles. The molecule has 0 saturated carbocycles. The van der Waals surface area contributed by atoms with Crippen molar-refractivity contribution in [3.8, 4) is 5.75 Å². The molecule has 0 aliphatic heterocycles. The molecular formula is C17H14BrCl3N4O4S. The van der Waals surface area contributed by atoms with Gasteiger partial charge in [-0.2, -0.15) is 0 Å².